The van der Waals surface area contributed by atoms with Crippen molar-refractivity contribution in [3.63, 3.8) is 0 Å². The van der Waals surface area contributed by atoms with Gasteiger partial charge in [-0.3, -0.25) is 13.9 Å². The molecule has 0 aliphatic heterocycles. The summed E-state index contributed by atoms with van der Waals surface area (Å²) in [5, 5.41) is 3.06. The van der Waals surface area contributed by atoms with Crippen LogP contribution in [0.1, 0.15) is 43.9 Å². The smallest absolute Gasteiger partial charge is 0.264 e. The zero-order valence-electron chi connectivity index (χ0n) is 25.6. The number of hydrogen-bond acceptors (Lipinski definition) is 4. The first kappa shape index (κ1) is 32.5. The van der Waals surface area contributed by atoms with Crippen molar-refractivity contribution in [2.75, 3.05) is 10.8 Å². The van der Waals surface area contributed by atoms with Gasteiger partial charge in [-0.15, -0.1) is 0 Å². The first-order valence-electron chi connectivity index (χ1n) is 15.1. The van der Waals surface area contributed by atoms with E-state index in [4.69, 9.17) is 0 Å². The van der Waals surface area contributed by atoms with Crippen LogP contribution in [0.3, 0.4) is 0 Å². The van der Waals surface area contributed by atoms with Gasteiger partial charge in [-0.1, -0.05) is 105 Å². The Morgan fingerprint density at radius 2 is 1.27 bits per heavy atom. The fraction of sp³-hybridized carbons (Fsp3) is 0.278. The van der Waals surface area contributed by atoms with E-state index in [1.807, 2.05) is 93.6 Å². The van der Waals surface area contributed by atoms with E-state index in [1.165, 1.54) is 17.0 Å². The normalized spacial score (nSPS) is 12.6. The molecule has 2 amide bonds. The van der Waals surface area contributed by atoms with Crippen LogP contribution in [0.2, 0.25) is 0 Å². The van der Waals surface area contributed by atoms with Gasteiger partial charge in [0.2, 0.25) is 11.8 Å². The first-order chi connectivity index (χ1) is 21.2. The Labute approximate surface area is 261 Å². The van der Waals surface area contributed by atoms with Crippen molar-refractivity contribution in [1.82, 2.24) is 10.2 Å². The highest BCUT2D eigenvalue weighted by molar-refractivity contribution is 7.92. The van der Waals surface area contributed by atoms with Crippen LogP contribution < -0.4 is 9.62 Å². The number of anilines is 1. The van der Waals surface area contributed by atoms with Crippen LogP contribution in [0, 0.1) is 0 Å². The average Bonchev–Trinajstić information content (AvgIpc) is 3.06. The minimum absolute atomic E-state index is 0.0809. The summed E-state index contributed by atoms with van der Waals surface area (Å²) >= 11 is 0. The summed E-state index contributed by atoms with van der Waals surface area (Å²) in [6.45, 7) is 5.60. The number of nitrogens with one attached hydrogen (secondary N) is 1. The monoisotopic (exact) mass is 611 g/mol. The standard InChI is InChI=1S/C36H41N3O4S/c1-4-28(3)37-36(41)34(25-30-15-9-6-10-16-30)38(26-31-17-11-7-12-18-31)35(40)27-39(32-23-21-29(5-2)22-24-32)44(42,43)33-19-13-8-14-20-33/h6-24,28,34H,4-5,25-27H2,1-3H3,(H,37,41)/t28-,34+/m0/s1. The third-order valence-corrected chi connectivity index (χ3v) is 9.50. The second kappa shape index (κ2) is 15.3. The summed E-state index contributed by atoms with van der Waals surface area (Å²) in [6, 6.07) is 33.3. The van der Waals surface area contributed by atoms with Gasteiger partial charge in [0, 0.05) is 19.0 Å². The van der Waals surface area contributed by atoms with Gasteiger partial charge in [-0.25, -0.2) is 8.42 Å². The van der Waals surface area contributed by atoms with Crippen LogP contribution in [0.25, 0.3) is 0 Å². The van der Waals surface area contributed by atoms with E-state index in [1.54, 1.807) is 30.3 Å². The number of sulfonamides is 1. The van der Waals surface area contributed by atoms with E-state index in [2.05, 4.69) is 5.32 Å². The zero-order chi connectivity index (χ0) is 31.5. The maximum atomic E-state index is 14.5. The number of rotatable bonds is 14. The molecule has 2 atom stereocenters. The number of aryl methyl sites for hydroxylation is 1. The lowest BCUT2D eigenvalue weighted by Crippen LogP contribution is -2.54. The van der Waals surface area contributed by atoms with Crippen molar-refractivity contribution in [2.24, 2.45) is 0 Å². The van der Waals surface area contributed by atoms with Gasteiger partial charge in [-0.05, 0) is 60.7 Å². The minimum atomic E-state index is -4.12. The molecular weight excluding hydrogens is 570 g/mol. The average molecular weight is 612 g/mol. The molecule has 0 aliphatic carbocycles. The van der Waals surface area contributed by atoms with Gasteiger partial charge in [0.05, 0.1) is 10.6 Å². The molecule has 0 spiro atoms. The van der Waals surface area contributed by atoms with Crippen molar-refractivity contribution in [1.29, 1.82) is 0 Å². The lowest BCUT2D eigenvalue weighted by atomic mass is 10.0. The quantitative estimate of drug-likeness (QED) is 0.190. The van der Waals surface area contributed by atoms with E-state index >= 15 is 0 Å². The molecule has 0 saturated carbocycles. The van der Waals surface area contributed by atoms with Crippen molar-refractivity contribution < 1.29 is 18.0 Å². The lowest BCUT2D eigenvalue weighted by Gasteiger charge is -2.34. The predicted octanol–water partition coefficient (Wildman–Crippen LogP) is 6.00. The van der Waals surface area contributed by atoms with Crippen molar-refractivity contribution in [2.45, 2.75) is 63.6 Å². The molecule has 230 valence electrons. The van der Waals surface area contributed by atoms with Crippen LogP contribution in [-0.2, 0) is 39.0 Å². The maximum absolute atomic E-state index is 14.5. The van der Waals surface area contributed by atoms with Gasteiger partial charge in [0.1, 0.15) is 12.6 Å². The summed E-state index contributed by atoms with van der Waals surface area (Å²) < 4.78 is 29.3. The van der Waals surface area contributed by atoms with Gasteiger partial charge in [0.25, 0.3) is 10.0 Å². The maximum Gasteiger partial charge on any atom is 0.264 e. The molecule has 7 nitrogen and oxygen atoms in total. The molecule has 44 heavy (non-hydrogen) atoms. The second-order valence-electron chi connectivity index (χ2n) is 10.9. The van der Waals surface area contributed by atoms with Gasteiger partial charge >= 0.3 is 0 Å². The number of carbonyl (C=O) groups excluding carboxylic acids is 2. The summed E-state index contributed by atoms with van der Waals surface area (Å²) in [4.78, 5) is 29.9. The van der Waals surface area contributed by atoms with Crippen LogP contribution in [0.15, 0.2) is 120 Å². The third kappa shape index (κ3) is 8.35. The number of benzene rings is 4. The van der Waals surface area contributed by atoms with Crippen LogP contribution >= 0.6 is 0 Å². The molecule has 0 fully saturated rings. The first-order valence-corrected chi connectivity index (χ1v) is 16.5. The van der Waals surface area contributed by atoms with Crippen molar-refractivity contribution in [3.8, 4) is 0 Å². The molecule has 0 saturated heterocycles. The number of hydrogen-bond donors (Lipinski definition) is 1. The Bertz CT molecular complexity index is 1600. The highest BCUT2D eigenvalue weighted by Gasteiger charge is 2.34. The Hall–Kier alpha value is -4.43. The highest BCUT2D eigenvalue weighted by Crippen LogP contribution is 2.25. The Balaban J connectivity index is 1.78. The molecule has 1 N–H and O–H groups in total. The Morgan fingerprint density at radius 1 is 0.727 bits per heavy atom. The second-order valence-corrected chi connectivity index (χ2v) is 12.7. The summed E-state index contributed by atoms with van der Waals surface area (Å²) in [5.41, 5.74) is 3.15. The topological polar surface area (TPSA) is 86.8 Å². The summed E-state index contributed by atoms with van der Waals surface area (Å²) in [7, 11) is -4.12. The van der Waals surface area contributed by atoms with Crippen molar-refractivity contribution in [3.05, 3.63) is 132 Å². The fourth-order valence-electron chi connectivity index (χ4n) is 4.92. The molecule has 4 aromatic carbocycles. The molecule has 0 heterocycles. The molecule has 0 radical (unpaired) electrons. The molecular formula is C36H41N3O4S. The van der Waals surface area contributed by atoms with E-state index < -0.39 is 28.5 Å². The molecule has 8 heteroatoms. The molecule has 0 bridgehead atoms. The molecule has 4 aromatic rings. The van der Waals surface area contributed by atoms with Gasteiger partial charge in [-0.2, -0.15) is 0 Å². The SMILES string of the molecule is CCc1ccc(N(CC(=O)N(Cc2ccccc2)[C@H](Cc2ccccc2)C(=O)N[C@@H](C)CC)S(=O)(=O)c2ccccc2)cc1. The fourth-order valence-corrected chi connectivity index (χ4v) is 6.36. The minimum Gasteiger partial charge on any atom is -0.352 e. The molecule has 0 unspecified atom stereocenters. The van der Waals surface area contributed by atoms with E-state index in [-0.39, 0.29) is 29.8 Å². The van der Waals surface area contributed by atoms with Crippen molar-refractivity contribution >= 4 is 27.5 Å². The summed E-state index contributed by atoms with van der Waals surface area (Å²) in [5.74, 6) is -0.759. The van der Waals surface area contributed by atoms with E-state index in [9.17, 15) is 18.0 Å². The summed E-state index contributed by atoms with van der Waals surface area (Å²) in [6.07, 6.45) is 1.80. The lowest BCUT2D eigenvalue weighted by molar-refractivity contribution is -0.140. The number of carbonyl (C=O) groups is 2. The van der Waals surface area contributed by atoms with E-state index in [0.29, 0.717) is 5.69 Å². The van der Waals surface area contributed by atoms with Gasteiger partial charge in [0.15, 0.2) is 0 Å². The largest absolute Gasteiger partial charge is 0.352 e. The van der Waals surface area contributed by atoms with Crippen LogP contribution in [0.5, 0.6) is 0 Å². The Morgan fingerprint density at radius 3 is 1.82 bits per heavy atom. The van der Waals surface area contributed by atoms with Crippen LogP contribution in [0.4, 0.5) is 5.69 Å². The van der Waals surface area contributed by atoms with Crippen LogP contribution in [-0.4, -0.2) is 43.8 Å². The third-order valence-electron chi connectivity index (χ3n) is 7.71. The Kier molecular flexibility index (Phi) is 11.3. The number of nitrogens with zero attached hydrogens (tertiary/aromatic N) is 2. The van der Waals surface area contributed by atoms with Gasteiger partial charge < -0.3 is 10.2 Å². The zero-order valence-corrected chi connectivity index (χ0v) is 26.4. The molecule has 0 aromatic heterocycles. The molecule has 0 aliphatic rings. The molecule has 4 rings (SSSR count). The highest BCUT2D eigenvalue weighted by atomic mass is 32.2. The van der Waals surface area contributed by atoms with E-state index in [0.717, 1.165) is 33.8 Å². The number of amides is 2. The predicted molar refractivity (Wildman–Crippen MR) is 176 cm³/mol.